The summed E-state index contributed by atoms with van der Waals surface area (Å²) in [6.07, 6.45) is 2.55. The number of carbonyl (C=O) groups is 1. The van der Waals surface area contributed by atoms with Crippen molar-refractivity contribution in [3.63, 3.8) is 0 Å². The maximum atomic E-state index is 12.7. The first kappa shape index (κ1) is 23.6. The molecule has 1 amide bonds. The molecule has 0 saturated heterocycles. The molecule has 164 valence electrons. The number of sulfonamides is 1. The summed E-state index contributed by atoms with van der Waals surface area (Å²) in [4.78, 5) is 16.9. The number of anilines is 1. The molecule has 0 spiro atoms. The highest BCUT2D eigenvalue weighted by atomic mass is 32.2. The molecule has 2 N–H and O–H groups in total. The van der Waals surface area contributed by atoms with Crippen molar-refractivity contribution in [2.24, 2.45) is 5.92 Å². The predicted octanol–water partition coefficient (Wildman–Crippen LogP) is 3.21. The Balaban J connectivity index is 2.13. The van der Waals surface area contributed by atoms with Gasteiger partial charge in [-0.05, 0) is 43.5 Å². The maximum absolute atomic E-state index is 12.7. The Morgan fingerprint density at radius 1 is 1.10 bits per heavy atom. The van der Waals surface area contributed by atoms with Gasteiger partial charge in [0.05, 0.1) is 19.0 Å². The van der Waals surface area contributed by atoms with Crippen molar-refractivity contribution in [1.82, 2.24) is 9.71 Å². The summed E-state index contributed by atoms with van der Waals surface area (Å²) < 4.78 is 36.2. The lowest BCUT2D eigenvalue weighted by molar-refractivity contribution is 0.102. The van der Waals surface area contributed by atoms with E-state index in [1.807, 2.05) is 27.7 Å². The van der Waals surface area contributed by atoms with Crippen molar-refractivity contribution in [1.29, 1.82) is 0 Å². The summed E-state index contributed by atoms with van der Waals surface area (Å²) >= 11 is 0. The summed E-state index contributed by atoms with van der Waals surface area (Å²) in [6.45, 7) is 8.56. The van der Waals surface area contributed by atoms with E-state index >= 15 is 0 Å². The molecule has 0 saturated carbocycles. The fraction of sp³-hybridized carbons (Fsp3) is 0.429. The number of pyridine rings is 1. The second-order valence-corrected chi connectivity index (χ2v) is 9.50. The topological polar surface area (TPSA) is 107 Å². The van der Waals surface area contributed by atoms with E-state index < -0.39 is 10.0 Å². The molecular formula is C21H29N3O5S. The number of nitrogens with zero attached hydrogens (tertiary/aromatic N) is 1. The zero-order valence-corrected chi connectivity index (χ0v) is 18.7. The Morgan fingerprint density at radius 3 is 2.37 bits per heavy atom. The average Bonchev–Trinajstić information content (AvgIpc) is 2.64. The molecule has 0 fully saturated rings. The molecule has 0 aliphatic heterocycles. The minimum atomic E-state index is -3.29. The van der Waals surface area contributed by atoms with E-state index in [9.17, 15) is 13.2 Å². The van der Waals surface area contributed by atoms with Crippen LogP contribution in [0.2, 0.25) is 0 Å². The van der Waals surface area contributed by atoms with Crippen LogP contribution in [0.1, 0.15) is 43.6 Å². The fourth-order valence-corrected chi connectivity index (χ4v) is 2.82. The third kappa shape index (κ3) is 8.38. The second kappa shape index (κ2) is 10.4. The summed E-state index contributed by atoms with van der Waals surface area (Å²) in [5, 5.41) is 2.73. The fourth-order valence-electron chi connectivity index (χ4n) is 2.40. The standard InChI is InChI=1S/C21H29N3O5S/c1-14(2)13-28-18-8-17(9-19(10-18)29-15(3)4)21(25)24-20-7-6-16(11-22-20)12-23-30(5,26)27/h6-11,14-15,23H,12-13H2,1-5H3,(H,22,24,25). The molecule has 8 nitrogen and oxygen atoms in total. The van der Waals surface area contributed by atoms with E-state index in [0.29, 0.717) is 41.0 Å². The Bertz CT molecular complexity index is 957. The van der Waals surface area contributed by atoms with Crippen molar-refractivity contribution in [2.75, 3.05) is 18.2 Å². The first-order chi connectivity index (χ1) is 14.0. The van der Waals surface area contributed by atoms with Crippen LogP contribution in [0.25, 0.3) is 0 Å². The van der Waals surface area contributed by atoms with Gasteiger partial charge in [-0.2, -0.15) is 0 Å². The smallest absolute Gasteiger partial charge is 0.257 e. The van der Waals surface area contributed by atoms with E-state index in [0.717, 1.165) is 6.26 Å². The lowest BCUT2D eigenvalue weighted by atomic mass is 10.1. The van der Waals surface area contributed by atoms with Crippen LogP contribution in [0.4, 0.5) is 5.82 Å². The molecule has 1 aromatic carbocycles. The summed E-state index contributed by atoms with van der Waals surface area (Å²) in [5.74, 6) is 1.45. The van der Waals surface area contributed by atoms with Gasteiger partial charge in [-0.3, -0.25) is 4.79 Å². The summed E-state index contributed by atoms with van der Waals surface area (Å²) in [5.41, 5.74) is 1.06. The quantitative estimate of drug-likeness (QED) is 0.594. The zero-order chi connectivity index (χ0) is 22.3. The van der Waals surface area contributed by atoms with E-state index in [1.54, 1.807) is 30.3 Å². The van der Waals surface area contributed by atoms with Crippen LogP contribution >= 0.6 is 0 Å². The van der Waals surface area contributed by atoms with Gasteiger partial charge in [-0.25, -0.2) is 18.1 Å². The molecule has 1 heterocycles. The lowest BCUT2D eigenvalue weighted by Crippen LogP contribution is -2.21. The number of benzene rings is 1. The number of nitrogens with one attached hydrogen (secondary N) is 2. The minimum absolute atomic E-state index is 0.0454. The van der Waals surface area contributed by atoms with E-state index in [2.05, 4.69) is 15.0 Å². The van der Waals surface area contributed by atoms with Crippen molar-refractivity contribution in [2.45, 2.75) is 40.3 Å². The van der Waals surface area contributed by atoms with Crippen LogP contribution in [0.5, 0.6) is 11.5 Å². The van der Waals surface area contributed by atoms with Crippen LogP contribution in [0.3, 0.4) is 0 Å². The SMILES string of the molecule is CC(C)COc1cc(OC(C)C)cc(C(=O)Nc2ccc(CNS(C)(=O)=O)cn2)c1. The van der Waals surface area contributed by atoms with Gasteiger partial charge in [0.15, 0.2) is 0 Å². The molecule has 1 aromatic heterocycles. The number of amides is 1. The third-order valence-corrected chi connectivity index (χ3v) is 4.37. The van der Waals surface area contributed by atoms with Gasteiger partial charge in [-0.15, -0.1) is 0 Å². The van der Waals surface area contributed by atoms with Crippen LogP contribution in [-0.2, 0) is 16.6 Å². The largest absolute Gasteiger partial charge is 0.493 e. The number of rotatable bonds is 10. The van der Waals surface area contributed by atoms with Crippen LogP contribution in [0.15, 0.2) is 36.5 Å². The van der Waals surface area contributed by atoms with Crippen molar-refractivity contribution < 1.29 is 22.7 Å². The molecule has 0 bridgehead atoms. The number of hydrogen-bond acceptors (Lipinski definition) is 6. The number of ether oxygens (including phenoxy) is 2. The maximum Gasteiger partial charge on any atom is 0.257 e. The van der Waals surface area contributed by atoms with E-state index in [1.165, 1.54) is 6.20 Å². The second-order valence-electron chi connectivity index (χ2n) is 7.66. The molecular weight excluding hydrogens is 406 g/mol. The number of carbonyl (C=O) groups excluding carboxylic acids is 1. The van der Waals surface area contributed by atoms with Crippen molar-refractivity contribution in [3.05, 3.63) is 47.7 Å². The molecule has 2 aromatic rings. The minimum Gasteiger partial charge on any atom is -0.493 e. The Labute approximate surface area is 178 Å². The summed E-state index contributed by atoms with van der Waals surface area (Å²) in [7, 11) is -3.29. The monoisotopic (exact) mass is 435 g/mol. The van der Waals surface area contributed by atoms with Gasteiger partial charge in [0.25, 0.3) is 5.91 Å². The Kier molecular flexibility index (Phi) is 8.19. The third-order valence-electron chi connectivity index (χ3n) is 3.70. The van der Waals surface area contributed by atoms with E-state index in [4.69, 9.17) is 9.47 Å². The molecule has 0 radical (unpaired) electrons. The molecule has 0 unspecified atom stereocenters. The van der Waals surface area contributed by atoms with Crippen LogP contribution < -0.4 is 19.5 Å². The van der Waals surface area contributed by atoms with Crippen LogP contribution in [-0.4, -0.2) is 38.3 Å². The van der Waals surface area contributed by atoms with Gasteiger partial charge in [0.2, 0.25) is 10.0 Å². The molecule has 0 atom stereocenters. The van der Waals surface area contributed by atoms with Crippen molar-refractivity contribution in [3.8, 4) is 11.5 Å². The first-order valence-corrected chi connectivity index (χ1v) is 11.6. The average molecular weight is 436 g/mol. The molecule has 2 rings (SSSR count). The van der Waals surface area contributed by atoms with Gasteiger partial charge in [0.1, 0.15) is 17.3 Å². The first-order valence-electron chi connectivity index (χ1n) is 9.67. The predicted molar refractivity (Wildman–Crippen MR) is 116 cm³/mol. The highest BCUT2D eigenvalue weighted by molar-refractivity contribution is 7.88. The molecule has 0 aliphatic rings. The molecule has 9 heteroatoms. The normalized spacial score (nSPS) is 11.6. The Morgan fingerprint density at radius 2 is 1.80 bits per heavy atom. The van der Waals surface area contributed by atoms with Crippen molar-refractivity contribution >= 4 is 21.7 Å². The van der Waals surface area contributed by atoms with Gasteiger partial charge < -0.3 is 14.8 Å². The van der Waals surface area contributed by atoms with Crippen LogP contribution in [0, 0.1) is 5.92 Å². The zero-order valence-electron chi connectivity index (χ0n) is 17.9. The summed E-state index contributed by atoms with van der Waals surface area (Å²) in [6, 6.07) is 8.39. The highest BCUT2D eigenvalue weighted by Crippen LogP contribution is 2.25. The molecule has 30 heavy (non-hydrogen) atoms. The number of hydrogen-bond donors (Lipinski definition) is 2. The van der Waals surface area contributed by atoms with Gasteiger partial charge in [0, 0.05) is 24.4 Å². The lowest BCUT2D eigenvalue weighted by Gasteiger charge is -2.15. The highest BCUT2D eigenvalue weighted by Gasteiger charge is 2.13. The number of aromatic nitrogens is 1. The van der Waals surface area contributed by atoms with Gasteiger partial charge >= 0.3 is 0 Å². The Hall–Kier alpha value is -2.65. The van der Waals surface area contributed by atoms with E-state index in [-0.39, 0.29) is 18.6 Å². The van der Waals surface area contributed by atoms with Gasteiger partial charge in [-0.1, -0.05) is 19.9 Å². The molecule has 0 aliphatic carbocycles.